The predicted octanol–water partition coefficient (Wildman–Crippen LogP) is 0.869. The van der Waals surface area contributed by atoms with E-state index < -0.39 is 10.4 Å². The van der Waals surface area contributed by atoms with E-state index >= 15 is 0 Å². The predicted molar refractivity (Wildman–Crippen MR) is 88.6 cm³/mol. The summed E-state index contributed by atoms with van der Waals surface area (Å²) in [5, 5.41) is 11.3. The molecule has 0 radical (unpaired) electrons. The van der Waals surface area contributed by atoms with Gasteiger partial charge in [-0.2, -0.15) is 0 Å². The van der Waals surface area contributed by atoms with Crippen LogP contribution in [-0.2, 0) is 32.4 Å². The highest BCUT2D eigenvalue weighted by atomic mass is 32.3. The van der Waals surface area contributed by atoms with Crippen LogP contribution in [0.5, 0.6) is 0 Å². The Morgan fingerprint density at radius 2 is 1.96 bits per heavy atom. The van der Waals surface area contributed by atoms with Gasteiger partial charge in [0.15, 0.2) is 5.82 Å². The maximum absolute atomic E-state index is 12.7. The van der Waals surface area contributed by atoms with Crippen molar-refractivity contribution in [2.24, 2.45) is 0 Å². The molecule has 1 aromatic heterocycles. The second-order valence-electron chi connectivity index (χ2n) is 6.75. The Hall–Kier alpha value is -1.32. The Balaban J connectivity index is 1.67. The van der Waals surface area contributed by atoms with Crippen molar-refractivity contribution in [1.29, 1.82) is 0 Å². The first-order valence-corrected chi connectivity index (χ1v) is 10.5. The van der Waals surface area contributed by atoms with Gasteiger partial charge in [-0.3, -0.25) is 4.79 Å². The lowest BCUT2D eigenvalue weighted by Crippen LogP contribution is -2.39. The van der Waals surface area contributed by atoms with E-state index in [1.807, 2.05) is 0 Å². The molecule has 0 saturated heterocycles. The maximum Gasteiger partial charge on any atom is 0.243 e. The average molecular weight is 355 g/mol. The normalized spacial score (nSPS) is 24.2. The number of aryl methyl sites for hydroxylation is 1. The van der Waals surface area contributed by atoms with E-state index in [9.17, 15) is 13.6 Å². The summed E-state index contributed by atoms with van der Waals surface area (Å²) in [5.41, 5.74) is 0. The van der Waals surface area contributed by atoms with Gasteiger partial charge in [0.05, 0.1) is 0 Å². The van der Waals surface area contributed by atoms with E-state index in [1.54, 1.807) is 4.57 Å². The number of aromatic nitrogens is 3. The van der Waals surface area contributed by atoms with Crippen LogP contribution in [0.25, 0.3) is 0 Å². The molecule has 8 nitrogen and oxygen atoms in total. The Morgan fingerprint density at radius 3 is 2.62 bits per heavy atom. The zero-order chi connectivity index (χ0) is 17.2. The molecule has 2 heterocycles. The fourth-order valence-corrected chi connectivity index (χ4v) is 3.96. The van der Waals surface area contributed by atoms with E-state index in [0.29, 0.717) is 18.7 Å². The minimum absolute atomic E-state index is 0.000977. The summed E-state index contributed by atoms with van der Waals surface area (Å²) in [6, 6.07) is -0.0901. The molecule has 1 fully saturated rings. The number of fused-ring (bicyclic) bond motifs is 1. The first-order valence-electron chi connectivity index (χ1n) is 8.62. The number of sulfonamides is 1. The molecule has 9 heteroatoms. The summed E-state index contributed by atoms with van der Waals surface area (Å²) in [6.07, 6.45) is 9.37. The van der Waals surface area contributed by atoms with Crippen molar-refractivity contribution in [3.05, 3.63) is 11.6 Å². The lowest BCUT2D eigenvalue weighted by molar-refractivity contribution is -0.125. The molecule has 3 rings (SSSR count). The molecule has 2 atom stereocenters. The molecule has 2 aliphatic rings. The highest BCUT2D eigenvalue weighted by Gasteiger charge is 2.33. The largest absolute Gasteiger partial charge is 0.598 e. The summed E-state index contributed by atoms with van der Waals surface area (Å²) in [6.45, 7) is 0.0546. The van der Waals surface area contributed by atoms with Crippen LogP contribution in [-0.4, -0.2) is 37.5 Å². The number of amides is 1. The molecule has 24 heavy (non-hydrogen) atoms. The van der Waals surface area contributed by atoms with Crippen molar-refractivity contribution in [3.8, 4) is 0 Å². The van der Waals surface area contributed by atoms with Crippen LogP contribution in [0.1, 0.15) is 62.6 Å². The molecular formula is C15H25N5O3S. The number of nitrogens with zero attached hydrogens (tertiary/aromatic N) is 3. The maximum atomic E-state index is 12.7. The van der Waals surface area contributed by atoms with E-state index in [1.165, 1.54) is 12.8 Å². The molecule has 1 amide bonds. The van der Waals surface area contributed by atoms with Crippen LogP contribution in [0.2, 0.25) is 0 Å². The Bertz CT molecular complexity index is 633. The van der Waals surface area contributed by atoms with Crippen LogP contribution < -0.4 is 10.0 Å². The van der Waals surface area contributed by atoms with Crippen LogP contribution in [0, 0.1) is 0 Å². The van der Waals surface area contributed by atoms with E-state index in [-0.39, 0.29) is 24.5 Å². The van der Waals surface area contributed by atoms with E-state index in [0.717, 1.165) is 37.8 Å². The number of hydrogen-bond acceptors (Lipinski definition) is 5. The second kappa shape index (κ2) is 7.28. The van der Waals surface area contributed by atoms with Gasteiger partial charge < -0.3 is 14.4 Å². The van der Waals surface area contributed by atoms with Crippen LogP contribution in [0.15, 0.2) is 0 Å². The van der Waals surface area contributed by atoms with Gasteiger partial charge in [0.2, 0.25) is 5.91 Å². The monoisotopic (exact) mass is 355 g/mol. The minimum atomic E-state index is -3.31. The lowest BCUT2D eigenvalue weighted by Gasteiger charge is -2.21. The van der Waals surface area contributed by atoms with Crippen molar-refractivity contribution >= 4 is 16.3 Å². The SMILES string of the molecule is C[S+](=O)([O-])NCc1nnc2n1C(C(=O)NC1CCCCCC1)CC2. The number of nitrogens with one attached hydrogen (secondary N) is 2. The topological polar surface area (TPSA) is 112 Å². The highest BCUT2D eigenvalue weighted by Crippen LogP contribution is 2.27. The first-order chi connectivity index (χ1) is 11.4. The van der Waals surface area contributed by atoms with Crippen LogP contribution in [0.3, 0.4) is 0 Å². The second-order valence-corrected chi connectivity index (χ2v) is 8.58. The molecule has 2 N–H and O–H groups in total. The zero-order valence-corrected chi connectivity index (χ0v) is 14.8. The fraction of sp³-hybridized carbons (Fsp3) is 0.800. The standard InChI is InChI=1S/C15H25N5O3S/c1-24(22,23)16-10-14-19-18-13-9-8-12(20(13)14)15(21)17-11-6-4-2-3-5-7-11/h11-12H,2-10H2,1H3,(H2-,16,17,21,22,23). The molecule has 1 aliphatic carbocycles. The smallest absolute Gasteiger partial charge is 0.243 e. The molecule has 1 saturated carbocycles. The Kier molecular flexibility index (Phi) is 5.31. The number of carbonyl (C=O) groups excluding carboxylic acids is 1. The number of rotatable bonds is 5. The summed E-state index contributed by atoms with van der Waals surface area (Å²) in [4.78, 5) is 12.7. The number of carbonyl (C=O) groups is 1. The van der Waals surface area contributed by atoms with Crippen LogP contribution >= 0.6 is 0 Å². The molecule has 1 aliphatic heterocycles. The van der Waals surface area contributed by atoms with Crippen molar-refractivity contribution in [3.63, 3.8) is 0 Å². The third-order valence-electron chi connectivity index (χ3n) is 4.79. The molecule has 0 spiro atoms. The Morgan fingerprint density at radius 1 is 1.25 bits per heavy atom. The molecule has 0 bridgehead atoms. The van der Waals surface area contributed by atoms with Crippen molar-refractivity contribution in [2.75, 3.05) is 6.26 Å². The zero-order valence-electron chi connectivity index (χ0n) is 14.0. The summed E-state index contributed by atoms with van der Waals surface area (Å²) in [5.74, 6) is 1.25. The highest BCUT2D eigenvalue weighted by molar-refractivity contribution is 7.95. The van der Waals surface area contributed by atoms with Crippen molar-refractivity contribution < 1.29 is 13.6 Å². The number of hydrogen-bond donors (Lipinski definition) is 2. The van der Waals surface area contributed by atoms with Crippen LogP contribution in [0.4, 0.5) is 0 Å². The van der Waals surface area contributed by atoms with Gasteiger partial charge in [-0.15, -0.1) is 14.9 Å². The summed E-state index contributed by atoms with van der Waals surface area (Å²) >= 11 is 0. The lowest BCUT2D eigenvalue weighted by atomic mass is 10.1. The molecule has 2 unspecified atom stereocenters. The van der Waals surface area contributed by atoms with E-state index in [2.05, 4.69) is 20.2 Å². The molecule has 1 aromatic rings. The van der Waals surface area contributed by atoms with Gasteiger partial charge in [0.25, 0.3) is 0 Å². The molecule has 0 aromatic carbocycles. The van der Waals surface area contributed by atoms with Gasteiger partial charge in [-0.05, 0) is 19.3 Å². The van der Waals surface area contributed by atoms with Gasteiger partial charge in [0.1, 0.15) is 35.1 Å². The summed E-state index contributed by atoms with van der Waals surface area (Å²) < 4.78 is 26.8. The summed E-state index contributed by atoms with van der Waals surface area (Å²) in [7, 11) is -3.31. The third kappa shape index (κ3) is 4.20. The third-order valence-corrected chi connectivity index (χ3v) is 5.46. The minimum Gasteiger partial charge on any atom is -0.598 e. The molecular weight excluding hydrogens is 330 g/mol. The van der Waals surface area contributed by atoms with Gasteiger partial charge >= 0.3 is 0 Å². The van der Waals surface area contributed by atoms with Gasteiger partial charge in [0, 0.05) is 12.5 Å². The first kappa shape index (κ1) is 17.5. The van der Waals surface area contributed by atoms with Gasteiger partial charge in [-0.25, -0.2) is 0 Å². The van der Waals surface area contributed by atoms with Gasteiger partial charge in [-0.1, -0.05) is 29.9 Å². The quantitative estimate of drug-likeness (QED) is 0.601. The average Bonchev–Trinajstić information content (AvgIpc) is 3.00. The van der Waals surface area contributed by atoms with E-state index in [4.69, 9.17) is 0 Å². The Labute approximate surface area is 143 Å². The van der Waals surface area contributed by atoms with Crippen molar-refractivity contribution in [2.45, 2.75) is 70.0 Å². The fourth-order valence-electron chi connectivity index (χ4n) is 3.57. The van der Waals surface area contributed by atoms with Crippen molar-refractivity contribution in [1.82, 2.24) is 24.8 Å². The molecule has 134 valence electrons.